The smallest absolute Gasteiger partial charge is 0.262 e. The number of benzene rings is 2. The Morgan fingerprint density at radius 3 is 2.44 bits per heavy atom. The van der Waals surface area contributed by atoms with Crippen molar-refractivity contribution >= 4 is 11.6 Å². The summed E-state index contributed by atoms with van der Waals surface area (Å²) in [6, 6.07) is 17.6. The van der Waals surface area contributed by atoms with Crippen LogP contribution in [0.1, 0.15) is 5.82 Å². The van der Waals surface area contributed by atoms with Crippen molar-refractivity contribution in [3.8, 4) is 28.9 Å². The first-order valence-corrected chi connectivity index (χ1v) is 9.80. The molecule has 32 heavy (non-hydrogen) atoms. The molecule has 0 aliphatic rings. The van der Waals surface area contributed by atoms with E-state index >= 15 is 0 Å². The van der Waals surface area contributed by atoms with Crippen LogP contribution in [0.15, 0.2) is 73.1 Å². The molecule has 0 unspecified atom stereocenters. The lowest BCUT2D eigenvalue weighted by atomic mass is 10.3. The Balaban J connectivity index is 1.31. The van der Waals surface area contributed by atoms with Gasteiger partial charge in [-0.1, -0.05) is 12.1 Å². The minimum atomic E-state index is -0.291. The number of rotatable bonds is 8. The molecule has 0 aliphatic heterocycles. The van der Waals surface area contributed by atoms with Crippen molar-refractivity contribution in [2.24, 2.45) is 0 Å². The molecule has 2 heterocycles. The molecule has 0 atom stereocenters. The Bertz CT molecular complexity index is 1190. The highest BCUT2D eigenvalue weighted by Crippen LogP contribution is 2.26. The summed E-state index contributed by atoms with van der Waals surface area (Å²) >= 11 is 0. The number of ether oxygens (including phenoxy) is 3. The summed E-state index contributed by atoms with van der Waals surface area (Å²) in [6.45, 7) is 1.74. The largest absolute Gasteiger partial charge is 0.493 e. The highest BCUT2D eigenvalue weighted by molar-refractivity contribution is 5.91. The average Bonchev–Trinajstić information content (AvgIpc) is 3.25. The third kappa shape index (κ3) is 5.01. The van der Waals surface area contributed by atoms with Gasteiger partial charge < -0.3 is 19.5 Å². The predicted molar refractivity (Wildman–Crippen MR) is 118 cm³/mol. The highest BCUT2D eigenvalue weighted by Gasteiger charge is 2.08. The molecular weight excluding hydrogens is 410 g/mol. The molecule has 4 aromatic rings. The molecule has 9 nitrogen and oxygen atoms in total. The molecular formula is C23H21N5O4. The lowest BCUT2D eigenvalue weighted by Crippen LogP contribution is -2.20. The van der Waals surface area contributed by atoms with Gasteiger partial charge in [0.1, 0.15) is 11.6 Å². The lowest BCUT2D eigenvalue weighted by molar-refractivity contribution is -0.118. The zero-order valence-corrected chi connectivity index (χ0v) is 17.6. The lowest BCUT2D eigenvalue weighted by Gasteiger charge is -2.11. The van der Waals surface area contributed by atoms with Gasteiger partial charge in [0.15, 0.2) is 23.9 Å². The van der Waals surface area contributed by atoms with Gasteiger partial charge in [-0.25, -0.2) is 4.98 Å². The molecule has 0 aliphatic carbocycles. The standard InChI is InChI=1S/C23H21N5O4/c1-16-24-13-14-28(16)21-11-12-23(27-26-21)32-18-9-7-17(8-10-18)25-22(29)15-31-20-6-4-3-5-19(20)30-2/h3-14H,15H2,1-2H3,(H,25,29). The SMILES string of the molecule is COc1ccccc1OCC(=O)Nc1ccc(Oc2ccc(-n3ccnc3C)nn2)cc1. The molecule has 0 fully saturated rings. The van der Waals surface area contributed by atoms with E-state index in [1.165, 1.54) is 0 Å². The molecule has 2 aromatic heterocycles. The summed E-state index contributed by atoms with van der Waals surface area (Å²) in [7, 11) is 1.55. The number of para-hydroxylation sites is 2. The number of imidazole rings is 1. The van der Waals surface area contributed by atoms with Gasteiger partial charge in [-0.2, -0.15) is 0 Å². The van der Waals surface area contributed by atoms with Gasteiger partial charge in [-0.05, 0) is 49.4 Å². The first-order valence-electron chi connectivity index (χ1n) is 9.80. The summed E-state index contributed by atoms with van der Waals surface area (Å²) in [5, 5.41) is 11.0. The maximum Gasteiger partial charge on any atom is 0.262 e. The van der Waals surface area contributed by atoms with Gasteiger partial charge in [-0.3, -0.25) is 9.36 Å². The molecule has 1 amide bonds. The Labute approximate surface area is 184 Å². The van der Waals surface area contributed by atoms with Crippen LogP contribution in [0.25, 0.3) is 5.82 Å². The number of carbonyl (C=O) groups excluding carboxylic acids is 1. The van der Waals surface area contributed by atoms with Crippen molar-refractivity contribution in [1.29, 1.82) is 0 Å². The first-order chi connectivity index (χ1) is 15.6. The molecule has 0 spiro atoms. The van der Waals surface area contributed by atoms with Crippen LogP contribution in [-0.2, 0) is 4.79 Å². The van der Waals surface area contributed by atoms with Crippen molar-refractivity contribution in [3.63, 3.8) is 0 Å². The highest BCUT2D eigenvalue weighted by atomic mass is 16.5. The van der Waals surface area contributed by atoms with E-state index in [4.69, 9.17) is 14.2 Å². The third-order valence-corrected chi connectivity index (χ3v) is 4.49. The van der Waals surface area contributed by atoms with E-state index in [-0.39, 0.29) is 12.5 Å². The minimum Gasteiger partial charge on any atom is -0.493 e. The number of nitrogens with zero attached hydrogens (tertiary/aromatic N) is 4. The molecule has 4 rings (SSSR count). The van der Waals surface area contributed by atoms with Crippen LogP contribution in [0.3, 0.4) is 0 Å². The van der Waals surface area contributed by atoms with Crippen LogP contribution in [-0.4, -0.2) is 39.4 Å². The van der Waals surface area contributed by atoms with Gasteiger partial charge in [0, 0.05) is 24.1 Å². The van der Waals surface area contributed by atoms with E-state index in [1.807, 2.05) is 29.8 Å². The van der Waals surface area contributed by atoms with Crippen LogP contribution in [0.4, 0.5) is 5.69 Å². The summed E-state index contributed by atoms with van der Waals surface area (Å²) in [5.74, 6) is 3.17. The molecule has 1 N–H and O–H groups in total. The van der Waals surface area contributed by atoms with Crippen molar-refractivity contribution in [2.75, 3.05) is 19.0 Å². The van der Waals surface area contributed by atoms with E-state index in [0.717, 1.165) is 5.82 Å². The van der Waals surface area contributed by atoms with Gasteiger partial charge in [0.25, 0.3) is 5.91 Å². The molecule has 162 valence electrons. The van der Waals surface area contributed by atoms with Crippen molar-refractivity contribution in [1.82, 2.24) is 19.7 Å². The molecule has 0 saturated carbocycles. The van der Waals surface area contributed by atoms with E-state index < -0.39 is 0 Å². The van der Waals surface area contributed by atoms with Gasteiger partial charge in [0.05, 0.1) is 7.11 Å². The van der Waals surface area contributed by atoms with Crippen LogP contribution in [0, 0.1) is 6.92 Å². The summed E-state index contributed by atoms with van der Waals surface area (Å²) in [4.78, 5) is 16.3. The Hall–Kier alpha value is -4.40. The molecule has 0 saturated heterocycles. The van der Waals surface area contributed by atoms with Gasteiger partial charge >= 0.3 is 0 Å². The first kappa shape index (κ1) is 20.9. The van der Waals surface area contributed by atoms with Crippen LogP contribution in [0.5, 0.6) is 23.1 Å². The number of nitrogens with one attached hydrogen (secondary N) is 1. The van der Waals surface area contributed by atoms with Crippen molar-refractivity contribution in [2.45, 2.75) is 6.92 Å². The summed E-state index contributed by atoms with van der Waals surface area (Å²) < 4.78 is 18.3. The van der Waals surface area contributed by atoms with Gasteiger partial charge in [-0.15, -0.1) is 10.2 Å². The summed E-state index contributed by atoms with van der Waals surface area (Å²) in [6.07, 6.45) is 3.51. The second kappa shape index (κ2) is 9.61. The topological polar surface area (TPSA) is 100 Å². The monoisotopic (exact) mass is 431 g/mol. The second-order valence-electron chi connectivity index (χ2n) is 6.69. The number of carbonyl (C=O) groups is 1. The fraction of sp³-hybridized carbons (Fsp3) is 0.130. The number of hydrogen-bond acceptors (Lipinski definition) is 7. The average molecular weight is 431 g/mol. The zero-order chi connectivity index (χ0) is 22.3. The van der Waals surface area contributed by atoms with E-state index in [0.29, 0.717) is 34.6 Å². The number of aromatic nitrogens is 4. The van der Waals surface area contributed by atoms with Crippen molar-refractivity contribution < 1.29 is 19.0 Å². The Morgan fingerprint density at radius 2 is 1.78 bits per heavy atom. The maximum absolute atomic E-state index is 12.2. The molecule has 2 aromatic carbocycles. The zero-order valence-electron chi connectivity index (χ0n) is 17.6. The predicted octanol–water partition coefficient (Wildman–Crippen LogP) is 3.79. The fourth-order valence-corrected chi connectivity index (χ4v) is 2.92. The van der Waals surface area contributed by atoms with E-state index in [1.54, 1.807) is 61.8 Å². The summed E-state index contributed by atoms with van der Waals surface area (Å²) in [5.41, 5.74) is 0.614. The third-order valence-electron chi connectivity index (χ3n) is 4.49. The van der Waals surface area contributed by atoms with E-state index in [2.05, 4.69) is 20.5 Å². The van der Waals surface area contributed by atoms with Crippen LogP contribution >= 0.6 is 0 Å². The number of methoxy groups -OCH3 is 1. The van der Waals surface area contributed by atoms with Gasteiger partial charge in [0.2, 0.25) is 5.88 Å². The van der Waals surface area contributed by atoms with Crippen LogP contribution in [0.2, 0.25) is 0 Å². The quantitative estimate of drug-likeness (QED) is 0.453. The fourth-order valence-electron chi connectivity index (χ4n) is 2.92. The van der Waals surface area contributed by atoms with Crippen molar-refractivity contribution in [3.05, 3.63) is 78.9 Å². The molecule has 0 radical (unpaired) electrons. The Kier molecular flexibility index (Phi) is 6.26. The second-order valence-corrected chi connectivity index (χ2v) is 6.69. The molecule has 9 heteroatoms. The number of hydrogen-bond donors (Lipinski definition) is 1. The number of aryl methyl sites for hydroxylation is 1. The molecule has 0 bridgehead atoms. The normalized spacial score (nSPS) is 10.4. The maximum atomic E-state index is 12.2. The number of anilines is 1. The minimum absolute atomic E-state index is 0.142. The van der Waals surface area contributed by atoms with Crippen LogP contribution < -0.4 is 19.5 Å². The Morgan fingerprint density at radius 1 is 1.00 bits per heavy atom. The van der Waals surface area contributed by atoms with E-state index in [9.17, 15) is 4.79 Å². The number of amides is 1.